The summed E-state index contributed by atoms with van der Waals surface area (Å²) in [6.45, 7) is 14.2. The summed E-state index contributed by atoms with van der Waals surface area (Å²) in [5, 5.41) is 0. The molecule has 0 saturated heterocycles. The molecule has 3 nitrogen and oxygen atoms in total. The molecule has 0 aliphatic heterocycles. The Morgan fingerprint density at radius 1 is 0.533 bits per heavy atom. The van der Waals surface area contributed by atoms with E-state index in [0.29, 0.717) is 30.8 Å². The van der Waals surface area contributed by atoms with Gasteiger partial charge in [-0.2, -0.15) is 0 Å². The SMILES string of the molecule is CCCCCC(CCCCC)CCCCCCCCCCC(C=O)CCCCCCCCC(=O)OCC(CCC(C)C)C(C)C. The lowest BCUT2D eigenvalue weighted by Crippen LogP contribution is -2.19. The molecule has 0 aromatic heterocycles. The molecule has 0 rings (SSSR count). The van der Waals surface area contributed by atoms with Crippen LogP contribution in [-0.4, -0.2) is 18.9 Å². The first-order valence-electron chi connectivity index (χ1n) is 20.4. The fraction of sp³-hybridized carbons (Fsp3) is 0.952. The fourth-order valence-corrected chi connectivity index (χ4v) is 6.79. The number of aldehydes is 1. The highest BCUT2D eigenvalue weighted by molar-refractivity contribution is 5.69. The zero-order chi connectivity index (χ0) is 33.4. The third-order valence-electron chi connectivity index (χ3n) is 10.3. The normalized spacial score (nSPS) is 13.2. The van der Waals surface area contributed by atoms with Gasteiger partial charge in [0.05, 0.1) is 6.61 Å². The van der Waals surface area contributed by atoms with Crippen LogP contribution < -0.4 is 0 Å². The molecule has 45 heavy (non-hydrogen) atoms. The number of hydrogen-bond acceptors (Lipinski definition) is 3. The Balaban J connectivity index is 3.69. The van der Waals surface area contributed by atoms with Crippen molar-refractivity contribution in [3.05, 3.63) is 0 Å². The minimum Gasteiger partial charge on any atom is -0.465 e. The molecular formula is C42H82O3. The van der Waals surface area contributed by atoms with Crippen LogP contribution in [0.1, 0.15) is 221 Å². The van der Waals surface area contributed by atoms with Crippen molar-refractivity contribution in [3.63, 3.8) is 0 Å². The zero-order valence-electron chi connectivity index (χ0n) is 31.7. The van der Waals surface area contributed by atoms with Gasteiger partial charge in [-0.1, -0.05) is 189 Å². The Kier molecular flexibility index (Phi) is 32.4. The molecule has 0 aromatic carbocycles. The van der Waals surface area contributed by atoms with Crippen LogP contribution in [0.2, 0.25) is 0 Å². The van der Waals surface area contributed by atoms with E-state index in [2.05, 4.69) is 41.5 Å². The molecule has 0 aromatic rings. The first-order chi connectivity index (χ1) is 21.8. The summed E-state index contributed by atoms with van der Waals surface area (Å²) in [5.41, 5.74) is 0. The second-order valence-electron chi connectivity index (χ2n) is 15.5. The molecule has 0 aliphatic carbocycles. The second kappa shape index (κ2) is 33.1. The highest BCUT2D eigenvalue weighted by atomic mass is 16.5. The fourth-order valence-electron chi connectivity index (χ4n) is 6.79. The van der Waals surface area contributed by atoms with Gasteiger partial charge in [0.1, 0.15) is 6.29 Å². The molecule has 268 valence electrons. The van der Waals surface area contributed by atoms with Crippen LogP contribution in [0.3, 0.4) is 0 Å². The van der Waals surface area contributed by atoms with Crippen molar-refractivity contribution in [3.8, 4) is 0 Å². The van der Waals surface area contributed by atoms with E-state index in [1.54, 1.807) is 0 Å². The lowest BCUT2D eigenvalue weighted by Gasteiger charge is -2.21. The van der Waals surface area contributed by atoms with E-state index in [9.17, 15) is 9.59 Å². The Morgan fingerprint density at radius 2 is 0.956 bits per heavy atom. The van der Waals surface area contributed by atoms with Gasteiger partial charge >= 0.3 is 5.97 Å². The molecule has 0 radical (unpaired) electrons. The van der Waals surface area contributed by atoms with Crippen molar-refractivity contribution in [2.45, 2.75) is 221 Å². The Morgan fingerprint density at radius 3 is 1.38 bits per heavy atom. The molecule has 2 atom stereocenters. The van der Waals surface area contributed by atoms with Gasteiger partial charge in [0, 0.05) is 12.3 Å². The van der Waals surface area contributed by atoms with Gasteiger partial charge in [-0.25, -0.2) is 0 Å². The molecule has 0 heterocycles. The van der Waals surface area contributed by atoms with Crippen LogP contribution in [0, 0.1) is 29.6 Å². The predicted octanol–water partition coefficient (Wildman–Crippen LogP) is 13.9. The summed E-state index contributed by atoms with van der Waals surface area (Å²) in [5.74, 6) is 2.97. The lowest BCUT2D eigenvalue weighted by atomic mass is 9.89. The largest absolute Gasteiger partial charge is 0.465 e. The van der Waals surface area contributed by atoms with Gasteiger partial charge in [0.15, 0.2) is 0 Å². The van der Waals surface area contributed by atoms with E-state index < -0.39 is 0 Å². The molecule has 0 N–H and O–H groups in total. The maximum Gasteiger partial charge on any atom is 0.305 e. The number of hydrogen-bond donors (Lipinski definition) is 0. The number of carbonyl (C=O) groups is 2. The third kappa shape index (κ3) is 30.2. The molecule has 0 bridgehead atoms. The Labute approximate surface area is 283 Å². The molecule has 0 spiro atoms. The van der Waals surface area contributed by atoms with Gasteiger partial charge in [-0.05, 0) is 49.4 Å². The standard InChI is InChI=1S/C42H82O3/c1-7-9-21-27-39(28-22-10-8-2)29-23-17-13-11-12-14-18-24-30-40(35-43)31-25-19-15-16-20-26-32-42(44)45-36-41(38(5)6)34-33-37(3)4/h35,37-41H,7-34,36H2,1-6H3. The summed E-state index contributed by atoms with van der Waals surface area (Å²) >= 11 is 0. The molecular weight excluding hydrogens is 552 g/mol. The predicted molar refractivity (Wildman–Crippen MR) is 198 cm³/mol. The molecule has 0 saturated carbocycles. The van der Waals surface area contributed by atoms with Crippen molar-refractivity contribution >= 4 is 12.3 Å². The molecule has 0 aliphatic rings. The first kappa shape index (κ1) is 44.1. The summed E-state index contributed by atoms with van der Waals surface area (Å²) in [7, 11) is 0. The molecule has 0 fully saturated rings. The summed E-state index contributed by atoms with van der Waals surface area (Å²) in [6.07, 6.45) is 36.8. The Bertz CT molecular complexity index is 617. The Hall–Kier alpha value is -0.860. The molecule has 2 unspecified atom stereocenters. The first-order valence-corrected chi connectivity index (χ1v) is 20.4. The topological polar surface area (TPSA) is 43.4 Å². The van der Waals surface area contributed by atoms with Crippen molar-refractivity contribution in [2.24, 2.45) is 29.6 Å². The maximum absolute atomic E-state index is 12.2. The van der Waals surface area contributed by atoms with Gasteiger partial charge < -0.3 is 9.53 Å². The van der Waals surface area contributed by atoms with E-state index in [0.717, 1.165) is 44.4 Å². The average Bonchev–Trinajstić information content (AvgIpc) is 3.01. The van der Waals surface area contributed by atoms with Crippen LogP contribution in [0.4, 0.5) is 0 Å². The average molecular weight is 635 g/mol. The van der Waals surface area contributed by atoms with Crippen LogP contribution in [-0.2, 0) is 14.3 Å². The van der Waals surface area contributed by atoms with E-state index in [-0.39, 0.29) is 11.9 Å². The van der Waals surface area contributed by atoms with E-state index in [1.807, 2.05) is 0 Å². The van der Waals surface area contributed by atoms with Gasteiger partial charge in [0.2, 0.25) is 0 Å². The number of unbranched alkanes of at least 4 members (excludes halogenated alkanes) is 16. The monoisotopic (exact) mass is 635 g/mol. The van der Waals surface area contributed by atoms with E-state index >= 15 is 0 Å². The highest BCUT2D eigenvalue weighted by Gasteiger charge is 2.16. The minimum atomic E-state index is -0.0197. The van der Waals surface area contributed by atoms with Gasteiger partial charge in [-0.15, -0.1) is 0 Å². The summed E-state index contributed by atoms with van der Waals surface area (Å²) in [6, 6.07) is 0. The molecule has 0 amide bonds. The van der Waals surface area contributed by atoms with Crippen LogP contribution in [0.25, 0.3) is 0 Å². The smallest absolute Gasteiger partial charge is 0.305 e. The molecule has 3 heteroatoms. The van der Waals surface area contributed by atoms with E-state index in [4.69, 9.17) is 4.74 Å². The highest BCUT2D eigenvalue weighted by Crippen LogP contribution is 2.25. The van der Waals surface area contributed by atoms with Crippen LogP contribution in [0.15, 0.2) is 0 Å². The number of rotatable bonds is 35. The maximum atomic E-state index is 12.2. The van der Waals surface area contributed by atoms with Crippen molar-refractivity contribution in [1.29, 1.82) is 0 Å². The number of ether oxygens (including phenoxy) is 1. The van der Waals surface area contributed by atoms with Gasteiger partial charge in [0.25, 0.3) is 0 Å². The quantitative estimate of drug-likeness (QED) is 0.0396. The van der Waals surface area contributed by atoms with Crippen molar-refractivity contribution < 1.29 is 14.3 Å². The third-order valence-corrected chi connectivity index (χ3v) is 10.3. The number of esters is 1. The van der Waals surface area contributed by atoms with Gasteiger partial charge in [-0.3, -0.25) is 4.79 Å². The second-order valence-corrected chi connectivity index (χ2v) is 15.5. The van der Waals surface area contributed by atoms with Crippen LogP contribution >= 0.6 is 0 Å². The van der Waals surface area contributed by atoms with E-state index in [1.165, 1.54) is 141 Å². The summed E-state index contributed by atoms with van der Waals surface area (Å²) < 4.78 is 5.62. The summed E-state index contributed by atoms with van der Waals surface area (Å²) in [4.78, 5) is 23.8. The number of carbonyl (C=O) groups excluding carboxylic acids is 2. The lowest BCUT2D eigenvalue weighted by molar-refractivity contribution is -0.145. The van der Waals surface area contributed by atoms with Crippen LogP contribution in [0.5, 0.6) is 0 Å². The minimum absolute atomic E-state index is 0.0197. The zero-order valence-corrected chi connectivity index (χ0v) is 31.7. The van der Waals surface area contributed by atoms with Crippen molar-refractivity contribution in [2.75, 3.05) is 6.61 Å². The van der Waals surface area contributed by atoms with Crippen molar-refractivity contribution in [1.82, 2.24) is 0 Å².